The van der Waals surface area contributed by atoms with Gasteiger partial charge in [-0.05, 0) is 25.2 Å². The predicted molar refractivity (Wildman–Crippen MR) is 49.9 cm³/mol. The van der Waals surface area contributed by atoms with E-state index in [0.29, 0.717) is 5.92 Å². The number of fused-ring (bicyclic) bond motifs is 1. The second-order valence-electron chi connectivity index (χ2n) is 4.01. The number of hydrogen-bond donors (Lipinski definition) is 2. The maximum Gasteiger partial charge on any atom is 0.197 e. The highest BCUT2D eigenvalue weighted by atomic mass is 16.3. The first kappa shape index (κ1) is 8.48. The molecule has 1 aliphatic carbocycles. The van der Waals surface area contributed by atoms with Crippen molar-refractivity contribution >= 4 is 0 Å². The van der Waals surface area contributed by atoms with Gasteiger partial charge in [-0.3, -0.25) is 4.57 Å². The van der Waals surface area contributed by atoms with E-state index < -0.39 is 0 Å². The summed E-state index contributed by atoms with van der Waals surface area (Å²) in [6, 6.07) is 0. The van der Waals surface area contributed by atoms with Crippen LogP contribution in [0.4, 0.5) is 0 Å². The number of aromatic hydroxyl groups is 2. The van der Waals surface area contributed by atoms with E-state index in [0.717, 1.165) is 30.4 Å². The fourth-order valence-electron chi connectivity index (χ4n) is 2.09. The van der Waals surface area contributed by atoms with Gasteiger partial charge in [-0.2, -0.15) is 0 Å². The molecule has 3 nitrogen and oxygen atoms in total. The molecule has 1 atom stereocenters. The van der Waals surface area contributed by atoms with E-state index in [-0.39, 0.29) is 11.8 Å². The summed E-state index contributed by atoms with van der Waals surface area (Å²) in [5.74, 6) is 1.08. The average molecular weight is 181 g/mol. The molecule has 0 aromatic carbocycles. The van der Waals surface area contributed by atoms with Crippen LogP contribution < -0.4 is 0 Å². The van der Waals surface area contributed by atoms with Gasteiger partial charge in [-0.25, -0.2) is 0 Å². The van der Waals surface area contributed by atoms with Crippen LogP contribution in [0.3, 0.4) is 0 Å². The largest absolute Gasteiger partial charge is 0.494 e. The van der Waals surface area contributed by atoms with Gasteiger partial charge in [0, 0.05) is 18.2 Å². The van der Waals surface area contributed by atoms with Gasteiger partial charge in [0.15, 0.2) is 11.8 Å². The third kappa shape index (κ3) is 1.10. The van der Waals surface area contributed by atoms with Gasteiger partial charge in [-0.1, -0.05) is 6.92 Å². The highest BCUT2D eigenvalue weighted by Gasteiger charge is 2.25. The molecule has 3 heteroatoms. The fraction of sp³-hybridized carbons (Fsp3) is 0.600. The van der Waals surface area contributed by atoms with Crippen molar-refractivity contribution in [1.29, 1.82) is 0 Å². The quantitative estimate of drug-likeness (QED) is 0.638. The van der Waals surface area contributed by atoms with Gasteiger partial charge in [0.2, 0.25) is 0 Å². The third-order valence-corrected chi connectivity index (χ3v) is 2.98. The van der Waals surface area contributed by atoms with Gasteiger partial charge < -0.3 is 10.2 Å². The van der Waals surface area contributed by atoms with E-state index in [4.69, 9.17) is 0 Å². The number of hydrogen-bond acceptors (Lipinski definition) is 2. The zero-order valence-corrected chi connectivity index (χ0v) is 8.04. The summed E-state index contributed by atoms with van der Waals surface area (Å²) in [4.78, 5) is 0. The van der Waals surface area contributed by atoms with E-state index in [9.17, 15) is 10.2 Å². The van der Waals surface area contributed by atoms with Crippen molar-refractivity contribution in [3.63, 3.8) is 0 Å². The smallest absolute Gasteiger partial charge is 0.197 e. The fourth-order valence-corrected chi connectivity index (χ4v) is 2.09. The Morgan fingerprint density at radius 1 is 1.23 bits per heavy atom. The molecular weight excluding hydrogens is 166 g/mol. The SMILES string of the molecule is CC1CCc2c(c(O)n(C)c2O)C1. The summed E-state index contributed by atoms with van der Waals surface area (Å²) in [6.07, 6.45) is 2.87. The lowest BCUT2D eigenvalue weighted by Gasteiger charge is -2.17. The van der Waals surface area contributed by atoms with E-state index in [1.54, 1.807) is 7.05 Å². The number of aromatic nitrogens is 1. The van der Waals surface area contributed by atoms with Crippen LogP contribution in [-0.4, -0.2) is 14.8 Å². The Hall–Kier alpha value is -1.12. The highest BCUT2D eigenvalue weighted by molar-refractivity contribution is 5.46. The van der Waals surface area contributed by atoms with Crippen LogP contribution in [0.25, 0.3) is 0 Å². The van der Waals surface area contributed by atoms with Crippen LogP contribution in [0.15, 0.2) is 0 Å². The normalized spacial score (nSPS) is 21.5. The molecule has 0 aliphatic heterocycles. The van der Waals surface area contributed by atoms with Crippen LogP contribution >= 0.6 is 0 Å². The van der Waals surface area contributed by atoms with Crippen molar-refractivity contribution < 1.29 is 10.2 Å². The number of nitrogens with zero attached hydrogens (tertiary/aromatic N) is 1. The van der Waals surface area contributed by atoms with Crippen molar-refractivity contribution in [2.24, 2.45) is 13.0 Å². The minimum Gasteiger partial charge on any atom is -0.494 e. The summed E-state index contributed by atoms with van der Waals surface area (Å²) >= 11 is 0. The van der Waals surface area contributed by atoms with Crippen molar-refractivity contribution in [3.8, 4) is 11.8 Å². The third-order valence-electron chi connectivity index (χ3n) is 2.98. The summed E-state index contributed by atoms with van der Waals surface area (Å²) in [7, 11) is 1.69. The molecule has 13 heavy (non-hydrogen) atoms. The summed E-state index contributed by atoms with van der Waals surface area (Å²) < 4.78 is 1.46. The monoisotopic (exact) mass is 181 g/mol. The Bertz CT molecular complexity index is 341. The molecule has 1 heterocycles. The van der Waals surface area contributed by atoms with E-state index in [2.05, 4.69) is 6.92 Å². The summed E-state index contributed by atoms with van der Waals surface area (Å²) in [5.41, 5.74) is 1.89. The van der Waals surface area contributed by atoms with Crippen molar-refractivity contribution in [3.05, 3.63) is 11.1 Å². The maximum atomic E-state index is 9.68. The molecule has 1 unspecified atom stereocenters. The first-order valence-electron chi connectivity index (χ1n) is 4.69. The molecule has 0 bridgehead atoms. The molecule has 0 fully saturated rings. The van der Waals surface area contributed by atoms with Gasteiger partial charge in [-0.15, -0.1) is 0 Å². The molecule has 0 amide bonds. The molecule has 72 valence electrons. The Kier molecular flexibility index (Phi) is 1.75. The van der Waals surface area contributed by atoms with Gasteiger partial charge >= 0.3 is 0 Å². The molecule has 2 N–H and O–H groups in total. The molecule has 1 aliphatic rings. The average Bonchev–Trinajstić information content (AvgIpc) is 2.32. The first-order chi connectivity index (χ1) is 6.11. The summed E-state index contributed by atoms with van der Waals surface area (Å²) in [6.45, 7) is 2.17. The topological polar surface area (TPSA) is 45.4 Å². The van der Waals surface area contributed by atoms with Gasteiger partial charge in [0.05, 0.1) is 0 Å². The van der Waals surface area contributed by atoms with E-state index >= 15 is 0 Å². The van der Waals surface area contributed by atoms with Crippen molar-refractivity contribution in [2.45, 2.75) is 26.2 Å². The lowest BCUT2D eigenvalue weighted by molar-refractivity contribution is 0.384. The van der Waals surface area contributed by atoms with Crippen LogP contribution in [-0.2, 0) is 19.9 Å². The molecule has 0 saturated carbocycles. The van der Waals surface area contributed by atoms with Crippen LogP contribution in [0.2, 0.25) is 0 Å². The molecule has 1 aromatic rings. The standard InChI is InChI=1S/C10H15NO2/c1-6-3-4-7-8(5-6)10(13)11(2)9(7)12/h6,12-13H,3-5H2,1-2H3. The molecule has 2 rings (SSSR count). The molecule has 0 radical (unpaired) electrons. The van der Waals surface area contributed by atoms with Crippen molar-refractivity contribution in [1.82, 2.24) is 4.57 Å². The van der Waals surface area contributed by atoms with Crippen LogP contribution in [0, 0.1) is 5.92 Å². The second kappa shape index (κ2) is 2.69. The van der Waals surface area contributed by atoms with E-state index in [1.165, 1.54) is 4.57 Å². The van der Waals surface area contributed by atoms with Gasteiger partial charge in [0.25, 0.3) is 0 Å². The second-order valence-corrected chi connectivity index (χ2v) is 4.01. The molecule has 0 saturated heterocycles. The molecule has 0 spiro atoms. The summed E-state index contributed by atoms with van der Waals surface area (Å²) in [5, 5.41) is 19.3. The molecular formula is C10H15NO2. The lowest BCUT2D eigenvalue weighted by Crippen LogP contribution is -2.09. The van der Waals surface area contributed by atoms with Crippen LogP contribution in [0.5, 0.6) is 11.8 Å². The Morgan fingerprint density at radius 2 is 1.85 bits per heavy atom. The number of rotatable bonds is 0. The van der Waals surface area contributed by atoms with E-state index in [1.807, 2.05) is 0 Å². The lowest BCUT2D eigenvalue weighted by atomic mass is 9.87. The van der Waals surface area contributed by atoms with Crippen LogP contribution in [0.1, 0.15) is 24.5 Å². The van der Waals surface area contributed by atoms with Crippen molar-refractivity contribution in [2.75, 3.05) is 0 Å². The van der Waals surface area contributed by atoms with Gasteiger partial charge in [0.1, 0.15) is 0 Å². The minimum absolute atomic E-state index is 0.235. The first-order valence-corrected chi connectivity index (χ1v) is 4.69. The zero-order chi connectivity index (χ0) is 9.59. The Morgan fingerprint density at radius 3 is 2.54 bits per heavy atom. The predicted octanol–water partition coefficient (Wildman–Crippen LogP) is 1.56. The highest BCUT2D eigenvalue weighted by Crippen LogP contribution is 2.39. The Labute approximate surface area is 77.6 Å². The minimum atomic E-state index is 0.235. The zero-order valence-electron chi connectivity index (χ0n) is 8.04. The Balaban J connectivity index is 2.53. The molecule has 1 aromatic heterocycles. The maximum absolute atomic E-state index is 9.68.